The number of benzene rings is 2. The Morgan fingerprint density at radius 2 is 1.62 bits per heavy atom. The first-order chi connectivity index (χ1) is 22.5. The molecule has 0 spiro atoms. The third kappa shape index (κ3) is 6.32. The summed E-state index contributed by atoms with van der Waals surface area (Å²) in [5.41, 5.74) is -0.590. The number of hydrogen-bond donors (Lipinski definition) is 0. The quantitative estimate of drug-likeness (QED) is 0.377. The Balaban J connectivity index is 1.35. The van der Waals surface area contributed by atoms with Gasteiger partial charge in [-0.1, -0.05) is 6.42 Å². The van der Waals surface area contributed by atoms with Crippen LogP contribution in [0.2, 0.25) is 0 Å². The van der Waals surface area contributed by atoms with Gasteiger partial charge in [0.15, 0.2) is 5.69 Å². The highest BCUT2D eigenvalue weighted by atomic mass is 19.4. The van der Waals surface area contributed by atoms with Crippen molar-refractivity contribution in [1.82, 2.24) is 24.5 Å². The average molecular weight is 653 g/mol. The molecule has 3 amide bonds. The molecule has 0 N–H and O–H groups in total. The molecule has 1 aromatic heterocycles. The van der Waals surface area contributed by atoms with Crippen molar-refractivity contribution in [2.24, 2.45) is 0 Å². The second kappa shape index (κ2) is 13.0. The van der Waals surface area contributed by atoms with Crippen molar-refractivity contribution in [3.05, 3.63) is 70.5 Å². The monoisotopic (exact) mass is 652 g/mol. The van der Waals surface area contributed by atoms with E-state index >= 15 is 0 Å². The molecule has 2 saturated heterocycles. The number of amides is 3. The van der Waals surface area contributed by atoms with Gasteiger partial charge in [0.1, 0.15) is 11.4 Å². The zero-order valence-electron chi connectivity index (χ0n) is 26.8. The standard InChI is InChI=1S/C34H39F3N6O4/c1-39(2)31(44)22-7-9-24(10-8-22)42-20-15-26-29(33(42)46)43(38-30(26)34(35,36)37)28-12-11-25(47-3)21-27(28)32(45)41-18-13-23(14-19-41)40-16-5-4-6-17-40/h7-12,21,23H,4-6,13-20H2,1-3H3. The van der Waals surface area contributed by atoms with Crippen LogP contribution >= 0.6 is 0 Å². The highest BCUT2D eigenvalue weighted by Gasteiger charge is 2.44. The van der Waals surface area contributed by atoms with E-state index in [1.54, 1.807) is 49.3 Å². The molecule has 0 radical (unpaired) electrons. The number of likely N-dealkylation sites (tertiary alicyclic amines) is 2. The van der Waals surface area contributed by atoms with Crippen LogP contribution in [0.25, 0.3) is 5.69 Å². The number of methoxy groups -OCH3 is 1. The second-order valence-electron chi connectivity index (χ2n) is 12.5. The van der Waals surface area contributed by atoms with Gasteiger partial charge in [0.25, 0.3) is 17.7 Å². The topological polar surface area (TPSA) is 91.2 Å². The molecule has 10 nitrogen and oxygen atoms in total. The summed E-state index contributed by atoms with van der Waals surface area (Å²) in [6.45, 7) is 3.14. The van der Waals surface area contributed by atoms with Crippen LogP contribution in [0.15, 0.2) is 42.5 Å². The maximum absolute atomic E-state index is 14.4. The van der Waals surface area contributed by atoms with Gasteiger partial charge in [0, 0.05) is 56.6 Å². The van der Waals surface area contributed by atoms with Gasteiger partial charge < -0.3 is 24.3 Å². The minimum atomic E-state index is -4.82. The highest BCUT2D eigenvalue weighted by molar-refractivity contribution is 6.08. The molecular formula is C34H39F3N6O4. The summed E-state index contributed by atoms with van der Waals surface area (Å²) in [6.07, 6.45) is 0.302. The van der Waals surface area contributed by atoms with Gasteiger partial charge in [0.2, 0.25) is 0 Å². The molecule has 0 atom stereocenters. The van der Waals surface area contributed by atoms with Crippen molar-refractivity contribution >= 4 is 23.4 Å². The van der Waals surface area contributed by atoms with E-state index < -0.39 is 17.8 Å². The molecule has 0 saturated carbocycles. The molecule has 0 unspecified atom stereocenters. The van der Waals surface area contributed by atoms with Crippen LogP contribution in [-0.4, -0.2) is 102 Å². The minimum absolute atomic E-state index is 0.0120. The Labute approximate surface area is 271 Å². The predicted molar refractivity (Wildman–Crippen MR) is 169 cm³/mol. The van der Waals surface area contributed by atoms with E-state index in [0.717, 1.165) is 30.6 Å². The van der Waals surface area contributed by atoms with E-state index in [1.807, 2.05) is 0 Å². The molecule has 13 heteroatoms. The molecule has 3 aliphatic rings. The summed E-state index contributed by atoms with van der Waals surface area (Å²) in [5.74, 6) is -0.894. The van der Waals surface area contributed by atoms with E-state index in [1.165, 1.54) is 48.3 Å². The molecule has 3 aliphatic heterocycles. The van der Waals surface area contributed by atoms with Crippen molar-refractivity contribution in [1.29, 1.82) is 0 Å². The molecule has 4 heterocycles. The average Bonchev–Trinajstić information content (AvgIpc) is 3.49. The number of ether oxygens (including phenoxy) is 1. The zero-order chi connectivity index (χ0) is 33.5. The van der Waals surface area contributed by atoms with Crippen molar-refractivity contribution < 1.29 is 32.3 Å². The van der Waals surface area contributed by atoms with Crippen molar-refractivity contribution in [3.63, 3.8) is 0 Å². The van der Waals surface area contributed by atoms with Gasteiger partial charge in [-0.15, -0.1) is 0 Å². The van der Waals surface area contributed by atoms with Crippen LogP contribution in [0, 0.1) is 0 Å². The number of rotatable bonds is 6. The number of fused-ring (bicyclic) bond motifs is 1. The smallest absolute Gasteiger partial charge is 0.435 e. The van der Waals surface area contributed by atoms with Crippen LogP contribution < -0.4 is 9.64 Å². The largest absolute Gasteiger partial charge is 0.497 e. The van der Waals surface area contributed by atoms with E-state index in [-0.39, 0.29) is 47.3 Å². The van der Waals surface area contributed by atoms with E-state index in [9.17, 15) is 27.6 Å². The van der Waals surface area contributed by atoms with E-state index in [4.69, 9.17) is 4.74 Å². The van der Waals surface area contributed by atoms with Gasteiger partial charge >= 0.3 is 6.18 Å². The molecule has 2 aromatic carbocycles. The number of piperidine rings is 2. The number of anilines is 1. The van der Waals surface area contributed by atoms with Crippen molar-refractivity contribution in [2.75, 3.05) is 58.8 Å². The maximum Gasteiger partial charge on any atom is 0.435 e. The molecule has 0 aliphatic carbocycles. The van der Waals surface area contributed by atoms with Crippen molar-refractivity contribution in [3.8, 4) is 11.4 Å². The number of halogens is 3. The fraction of sp³-hybridized carbons (Fsp3) is 0.471. The first kappa shape index (κ1) is 32.5. The summed E-state index contributed by atoms with van der Waals surface area (Å²) >= 11 is 0. The van der Waals surface area contributed by atoms with Crippen LogP contribution in [0.1, 0.15) is 74.6 Å². The molecule has 0 bridgehead atoms. The Bertz CT molecular complexity index is 1660. The normalized spacial score (nSPS) is 17.9. The van der Waals surface area contributed by atoms with Crippen LogP contribution in [-0.2, 0) is 12.6 Å². The third-order valence-electron chi connectivity index (χ3n) is 9.44. The first-order valence-electron chi connectivity index (χ1n) is 16.0. The lowest BCUT2D eigenvalue weighted by molar-refractivity contribution is -0.141. The number of nitrogens with zero attached hydrogens (tertiary/aromatic N) is 6. The number of carbonyl (C=O) groups is 3. The summed E-state index contributed by atoms with van der Waals surface area (Å²) in [6, 6.07) is 11.3. The molecule has 6 rings (SSSR count). The lowest BCUT2D eigenvalue weighted by atomic mass is 9.99. The van der Waals surface area contributed by atoms with Gasteiger partial charge in [0.05, 0.1) is 18.4 Å². The highest BCUT2D eigenvalue weighted by Crippen LogP contribution is 2.38. The van der Waals surface area contributed by atoms with Gasteiger partial charge in [-0.05, 0) is 87.7 Å². The summed E-state index contributed by atoms with van der Waals surface area (Å²) in [7, 11) is 4.70. The fourth-order valence-corrected chi connectivity index (χ4v) is 6.94. The molecule has 47 heavy (non-hydrogen) atoms. The SMILES string of the molecule is COc1ccc(-n2nc(C(F)(F)F)c3c2C(=O)N(c2ccc(C(=O)N(C)C)cc2)CC3)c(C(=O)N2CCC(N3CCCCC3)CC2)c1. The second-order valence-corrected chi connectivity index (χ2v) is 12.5. The first-order valence-corrected chi connectivity index (χ1v) is 16.0. The van der Waals surface area contributed by atoms with Gasteiger partial charge in [-0.3, -0.25) is 14.4 Å². The lowest BCUT2D eigenvalue weighted by Gasteiger charge is -2.40. The zero-order valence-corrected chi connectivity index (χ0v) is 26.8. The number of alkyl halides is 3. The number of aromatic nitrogens is 2. The lowest BCUT2D eigenvalue weighted by Crippen LogP contribution is -2.48. The Kier molecular flexibility index (Phi) is 9.01. The Morgan fingerprint density at radius 1 is 0.936 bits per heavy atom. The van der Waals surface area contributed by atoms with E-state index in [0.29, 0.717) is 36.1 Å². The Hall–Kier alpha value is -4.39. The summed E-state index contributed by atoms with van der Waals surface area (Å²) in [4.78, 5) is 47.6. The molecule has 250 valence electrons. The maximum atomic E-state index is 14.4. The molecular weight excluding hydrogens is 613 g/mol. The van der Waals surface area contributed by atoms with Gasteiger partial charge in [-0.25, -0.2) is 4.68 Å². The molecule has 2 fully saturated rings. The third-order valence-corrected chi connectivity index (χ3v) is 9.44. The summed E-state index contributed by atoms with van der Waals surface area (Å²) < 4.78 is 49.5. The fourth-order valence-electron chi connectivity index (χ4n) is 6.94. The van der Waals surface area contributed by atoms with Crippen LogP contribution in [0.5, 0.6) is 5.75 Å². The van der Waals surface area contributed by atoms with E-state index in [2.05, 4.69) is 10.00 Å². The Morgan fingerprint density at radius 3 is 2.23 bits per heavy atom. The van der Waals surface area contributed by atoms with Gasteiger partial charge in [-0.2, -0.15) is 18.3 Å². The van der Waals surface area contributed by atoms with Crippen molar-refractivity contribution in [2.45, 2.75) is 50.7 Å². The summed E-state index contributed by atoms with van der Waals surface area (Å²) in [5, 5.41) is 3.96. The minimum Gasteiger partial charge on any atom is -0.497 e. The van der Waals surface area contributed by atoms with Crippen LogP contribution in [0.3, 0.4) is 0 Å². The van der Waals surface area contributed by atoms with Crippen LogP contribution in [0.4, 0.5) is 18.9 Å². The molecule has 3 aromatic rings. The number of hydrogen-bond acceptors (Lipinski definition) is 6. The number of carbonyl (C=O) groups excluding carboxylic acids is 3. The predicted octanol–water partition coefficient (Wildman–Crippen LogP) is 4.89.